The lowest BCUT2D eigenvalue weighted by Crippen LogP contribution is -1.87. The van der Waals surface area contributed by atoms with Gasteiger partial charge in [-0.3, -0.25) is 0 Å². The van der Waals surface area contributed by atoms with Gasteiger partial charge >= 0.3 is 0 Å². The molecule has 0 nitrogen and oxygen atoms in total. The summed E-state index contributed by atoms with van der Waals surface area (Å²) in [6, 6.07) is 0. The van der Waals surface area contributed by atoms with Crippen LogP contribution in [0.1, 0.15) is 6.42 Å². The summed E-state index contributed by atoms with van der Waals surface area (Å²) in [7, 11) is 0. The molecule has 0 aromatic rings. The second-order valence-corrected chi connectivity index (χ2v) is 3.07. The zero-order chi connectivity index (χ0) is 6.81. The standard InChI is InChI=1S/C9H6S/c1-2-6-9-8(4-1)5-3-7-10-9/h1,3-4,7H,5H2. The third-order valence-electron chi connectivity index (χ3n) is 1.47. The molecule has 1 aliphatic heterocycles. The number of rotatable bonds is 0. The van der Waals surface area contributed by atoms with Gasteiger partial charge in [0, 0.05) is 0 Å². The third kappa shape index (κ3) is 0.913. The van der Waals surface area contributed by atoms with Gasteiger partial charge in [0.2, 0.25) is 0 Å². The summed E-state index contributed by atoms with van der Waals surface area (Å²) in [4.78, 5) is 1.23. The largest absolute Gasteiger partial charge is 0.0889 e. The lowest BCUT2D eigenvalue weighted by Gasteiger charge is -2.09. The van der Waals surface area contributed by atoms with Crippen LogP contribution >= 0.6 is 11.8 Å². The zero-order valence-corrected chi connectivity index (χ0v) is 6.24. The van der Waals surface area contributed by atoms with Gasteiger partial charge in [0.15, 0.2) is 0 Å². The molecule has 48 valence electrons. The van der Waals surface area contributed by atoms with E-state index in [0.29, 0.717) is 0 Å². The highest BCUT2D eigenvalue weighted by Gasteiger charge is 2.06. The van der Waals surface area contributed by atoms with E-state index in [-0.39, 0.29) is 0 Å². The maximum absolute atomic E-state index is 3.08. The molecular formula is C9H6S. The molecule has 0 N–H and O–H groups in total. The van der Waals surface area contributed by atoms with E-state index in [1.54, 1.807) is 11.8 Å². The Morgan fingerprint density at radius 2 is 2.50 bits per heavy atom. The van der Waals surface area contributed by atoms with Gasteiger partial charge in [-0.15, -0.1) is 0 Å². The van der Waals surface area contributed by atoms with Crippen molar-refractivity contribution in [1.82, 2.24) is 0 Å². The molecule has 1 aliphatic carbocycles. The number of allylic oxidation sites excluding steroid dienone is 4. The van der Waals surface area contributed by atoms with Crippen LogP contribution in [0.3, 0.4) is 0 Å². The average molecular weight is 146 g/mol. The summed E-state index contributed by atoms with van der Waals surface area (Å²) >= 11 is 1.72. The van der Waals surface area contributed by atoms with Crippen molar-refractivity contribution in [2.75, 3.05) is 0 Å². The van der Waals surface area contributed by atoms with E-state index >= 15 is 0 Å². The summed E-state index contributed by atoms with van der Waals surface area (Å²) in [5.74, 6) is 0. The molecule has 1 heteroatoms. The Morgan fingerprint density at radius 3 is 3.40 bits per heavy atom. The summed E-state index contributed by atoms with van der Waals surface area (Å²) in [6.45, 7) is 0. The maximum atomic E-state index is 3.08. The Balaban J connectivity index is 2.51. The first kappa shape index (κ1) is 5.88. The highest BCUT2D eigenvalue weighted by molar-refractivity contribution is 8.06. The second kappa shape index (κ2) is 2.40. The number of hydrogen-bond acceptors (Lipinski definition) is 1. The van der Waals surface area contributed by atoms with Crippen LogP contribution in [0.5, 0.6) is 0 Å². The van der Waals surface area contributed by atoms with E-state index in [4.69, 9.17) is 0 Å². The van der Waals surface area contributed by atoms with E-state index in [2.05, 4.69) is 29.0 Å². The summed E-state index contributed by atoms with van der Waals surface area (Å²) < 4.78 is 0. The fourth-order valence-corrected chi connectivity index (χ4v) is 1.71. The van der Waals surface area contributed by atoms with Crippen LogP contribution in [0.25, 0.3) is 0 Å². The van der Waals surface area contributed by atoms with Gasteiger partial charge < -0.3 is 0 Å². The topological polar surface area (TPSA) is 0 Å². The van der Waals surface area contributed by atoms with Crippen molar-refractivity contribution >= 4 is 11.8 Å². The Labute approximate surface area is 64.3 Å². The van der Waals surface area contributed by atoms with Crippen LogP contribution in [0.4, 0.5) is 0 Å². The second-order valence-electron chi connectivity index (χ2n) is 2.15. The van der Waals surface area contributed by atoms with Crippen molar-refractivity contribution in [2.24, 2.45) is 0 Å². The van der Waals surface area contributed by atoms with Crippen LogP contribution in [-0.2, 0) is 0 Å². The first-order chi connectivity index (χ1) is 4.97. The lowest BCUT2D eigenvalue weighted by atomic mass is 10.1. The van der Waals surface area contributed by atoms with Crippen LogP contribution in [0.2, 0.25) is 0 Å². The summed E-state index contributed by atoms with van der Waals surface area (Å²) in [6.07, 6.45) is 7.23. The molecule has 1 heterocycles. The van der Waals surface area contributed by atoms with E-state index in [1.165, 1.54) is 10.5 Å². The van der Waals surface area contributed by atoms with E-state index in [1.807, 2.05) is 6.08 Å². The summed E-state index contributed by atoms with van der Waals surface area (Å²) in [5.41, 5.74) is 7.38. The molecule has 0 radical (unpaired) electrons. The number of hydrogen-bond donors (Lipinski definition) is 0. The van der Waals surface area contributed by atoms with Crippen LogP contribution in [0.15, 0.2) is 45.6 Å². The Morgan fingerprint density at radius 1 is 1.50 bits per heavy atom. The van der Waals surface area contributed by atoms with Crippen LogP contribution in [-0.4, -0.2) is 0 Å². The molecule has 0 aromatic carbocycles. The van der Waals surface area contributed by atoms with E-state index in [9.17, 15) is 0 Å². The number of thioether (sulfide) groups is 1. The van der Waals surface area contributed by atoms with Gasteiger partial charge in [-0.1, -0.05) is 29.3 Å². The van der Waals surface area contributed by atoms with Gasteiger partial charge in [0.25, 0.3) is 0 Å². The Hall–Kier alpha value is -0.870. The van der Waals surface area contributed by atoms with Crippen molar-refractivity contribution in [3.8, 4) is 0 Å². The highest BCUT2D eigenvalue weighted by Crippen LogP contribution is 2.32. The van der Waals surface area contributed by atoms with Gasteiger partial charge in [0.1, 0.15) is 0 Å². The molecule has 2 rings (SSSR count). The first-order valence-corrected chi connectivity index (χ1v) is 4.08. The molecule has 0 aromatic heterocycles. The minimum absolute atomic E-state index is 1.05. The summed E-state index contributed by atoms with van der Waals surface area (Å²) in [5, 5.41) is 2.10. The van der Waals surface area contributed by atoms with E-state index < -0.39 is 0 Å². The monoisotopic (exact) mass is 146 g/mol. The minimum Gasteiger partial charge on any atom is -0.0889 e. The van der Waals surface area contributed by atoms with Crippen LogP contribution in [0, 0.1) is 0 Å². The fraction of sp³-hybridized carbons (Fsp3) is 0.111. The lowest BCUT2D eigenvalue weighted by molar-refractivity contribution is 1.27. The Kier molecular flexibility index (Phi) is 1.41. The molecule has 0 saturated carbocycles. The molecule has 0 amide bonds. The predicted molar refractivity (Wildman–Crippen MR) is 44.5 cm³/mol. The Bertz CT molecular complexity index is 306. The van der Waals surface area contributed by atoms with Gasteiger partial charge in [-0.05, 0) is 29.6 Å². The molecule has 0 fully saturated rings. The average Bonchev–Trinajstić information content (AvgIpc) is 2.05. The molecule has 0 bridgehead atoms. The highest BCUT2D eigenvalue weighted by atomic mass is 32.2. The van der Waals surface area contributed by atoms with Gasteiger partial charge in [-0.2, -0.15) is 0 Å². The normalized spacial score (nSPS) is 20.0. The predicted octanol–water partition coefficient (Wildman–Crippen LogP) is 2.77. The molecular weight excluding hydrogens is 140 g/mol. The molecule has 10 heavy (non-hydrogen) atoms. The van der Waals surface area contributed by atoms with E-state index in [0.717, 1.165) is 6.42 Å². The minimum atomic E-state index is 1.05. The first-order valence-electron chi connectivity index (χ1n) is 3.20. The molecule has 2 aliphatic rings. The number of fused-ring (bicyclic) bond motifs is 1. The van der Waals surface area contributed by atoms with Crippen molar-refractivity contribution in [3.63, 3.8) is 0 Å². The van der Waals surface area contributed by atoms with Gasteiger partial charge in [0.05, 0.1) is 4.91 Å². The molecule has 0 saturated heterocycles. The quantitative estimate of drug-likeness (QED) is 0.473. The zero-order valence-electron chi connectivity index (χ0n) is 5.42. The van der Waals surface area contributed by atoms with Crippen molar-refractivity contribution in [1.29, 1.82) is 0 Å². The van der Waals surface area contributed by atoms with Crippen molar-refractivity contribution < 1.29 is 0 Å². The fourth-order valence-electron chi connectivity index (χ4n) is 0.963. The molecule has 0 spiro atoms. The third-order valence-corrected chi connectivity index (χ3v) is 2.39. The van der Waals surface area contributed by atoms with Crippen LogP contribution < -0.4 is 0 Å². The molecule has 0 unspecified atom stereocenters. The SMILES string of the molecule is C1=C=C2SC=CCC2=CC=1. The van der Waals surface area contributed by atoms with Crippen molar-refractivity contribution in [3.05, 3.63) is 45.6 Å². The maximum Gasteiger partial charge on any atom is 0.0654 e. The smallest absolute Gasteiger partial charge is 0.0654 e. The van der Waals surface area contributed by atoms with Gasteiger partial charge in [-0.25, -0.2) is 0 Å². The van der Waals surface area contributed by atoms with Crippen molar-refractivity contribution in [2.45, 2.75) is 6.42 Å². The molecule has 0 atom stereocenters.